The van der Waals surface area contributed by atoms with Gasteiger partial charge in [-0.1, -0.05) is 59.7 Å². The summed E-state index contributed by atoms with van der Waals surface area (Å²) in [5.41, 5.74) is -1.44. The van der Waals surface area contributed by atoms with Gasteiger partial charge < -0.3 is 29.5 Å². The van der Waals surface area contributed by atoms with E-state index in [1.165, 1.54) is 25.1 Å². The van der Waals surface area contributed by atoms with E-state index >= 15 is 0 Å². The maximum absolute atomic E-state index is 12.5. The third-order valence-corrected chi connectivity index (χ3v) is 10.1. The van der Waals surface area contributed by atoms with Crippen molar-refractivity contribution < 1.29 is 162 Å². The molecular weight excluding hydrogens is 954 g/mol. The molecule has 7 rings (SSSR count). The van der Waals surface area contributed by atoms with Crippen LogP contribution in [0, 0.1) is 27.2 Å². The van der Waals surface area contributed by atoms with E-state index in [1.54, 1.807) is 30.3 Å². The van der Waals surface area contributed by atoms with E-state index in [2.05, 4.69) is 25.6 Å². The van der Waals surface area contributed by atoms with Crippen molar-refractivity contribution in [2.45, 2.75) is 16.7 Å². The summed E-state index contributed by atoms with van der Waals surface area (Å²) in [7, 11) is -9.75. The van der Waals surface area contributed by atoms with Gasteiger partial charge in [-0.3, -0.25) is 20.2 Å². The van der Waals surface area contributed by atoms with Crippen LogP contribution in [0.15, 0.2) is 133 Å². The van der Waals surface area contributed by atoms with E-state index in [0.29, 0.717) is 16.8 Å². The van der Waals surface area contributed by atoms with Crippen LogP contribution in [0.1, 0.15) is 5.69 Å². The maximum atomic E-state index is 12.5. The summed E-state index contributed by atoms with van der Waals surface area (Å²) < 4.78 is 68.7. The molecule has 0 aliphatic heterocycles. The first-order chi connectivity index (χ1) is 28.2. The summed E-state index contributed by atoms with van der Waals surface area (Å²) in [6.45, 7) is 1.45. The molecule has 0 atom stereocenters. The zero-order valence-electron chi connectivity index (χ0n) is 33.3. The maximum Gasteiger partial charge on any atom is 3.00 e. The number of nitro groups is 2. The predicted octanol–water partition coefficient (Wildman–Crippen LogP) is -4.07. The smallest absolute Gasteiger partial charge is 0.871 e. The zero-order valence-corrected chi connectivity index (χ0v) is 42.2. The molecule has 0 unspecified atom stereocenters. The summed E-state index contributed by atoms with van der Waals surface area (Å²) >= 11 is 0. The van der Waals surface area contributed by atoms with Gasteiger partial charge in [0, 0.05) is 46.3 Å². The first-order valence-corrected chi connectivity index (χ1v) is 19.2. The normalized spacial score (nSPS) is 11.2. The number of aryl methyl sites for hydroxylation is 1. The molecule has 0 N–H and O–H groups in total. The minimum atomic E-state index is -5.11. The van der Waals surface area contributed by atoms with Gasteiger partial charge in [-0.05, 0) is 48.7 Å². The van der Waals surface area contributed by atoms with Crippen LogP contribution in [-0.2, 0) is 37.6 Å². The molecule has 22 nitrogen and oxygen atoms in total. The van der Waals surface area contributed by atoms with Crippen molar-refractivity contribution in [2.75, 3.05) is 0 Å². The number of nitro benzene ring substituents is 2. The molecule has 0 bridgehead atoms. The molecule has 0 aliphatic rings. The molecule has 0 spiro atoms. The van der Waals surface area contributed by atoms with Crippen molar-refractivity contribution in [3.63, 3.8) is 0 Å². The van der Waals surface area contributed by atoms with Crippen molar-refractivity contribution in [3.05, 3.63) is 129 Å². The van der Waals surface area contributed by atoms with Crippen LogP contribution < -0.4 is 109 Å². The Morgan fingerprint density at radius 3 is 1.72 bits per heavy atom. The van der Waals surface area contributed by atoms with E-state index in [0.717, 1.165) is 53.2 Å². The van der Waals surface area contributed by atoms with Gasteiger partial charge in [-0.25, -0.2) is 21.5 Å². The third-order valence-electron chi connectivity index (χ3n) is 8.38. The molecule has 0 amide bonds. The Morgan fingerprint density at radius 2 is 1.12 bits per heavy atom. The summed E-state index contributed by atoms with van der Waals surface area (Å²) in [4.78, 5) is 19.0. The largest absolute Gasteiger partial charge is 3.00 e. The Hall–Kier alpha value is -4.40. The molecule has 309 valence electrons. The summed E-state index contributed by atoms with van der Waals surface area (Å²) in [6.07, 6.45) is 0. The molecule has 64 heavy (non-hydrogen) atoms. The Kier molecular flexibility index (Phi) is 19.7. The minimum Gasteiger partial charge on any atom is -0.871 e. The van der Waals surface area contributed by atoms with Gasteiger partial charge in [-0.15, -0.1) is 5.11 Å². The average molecular weight is 974 g/mol. The summed E-state index contributed by atoms with van der Waals surface area (Å²) in [5, 5.41) is 90.8. The fourth-order valence-corrected chi connectivity index (χ4v) is 6.70. The van der Waals surface area contributed by atoms with Gasteiger partial charge >= 0.3 is 106 Å². The minimum absolute atomic E-state index is 0. The van der Waals surface area contributed by atoms with Crippen molar-refractivity contribution in [3.8, 4) is 28.8 Å². The number of hydrogen-bond donors (Lipinski definition) is 0. The van der Waals surface area contributed by atoms with Crippen molar-refractivity contribution >= 4 is 75.9 Å². The molecule has 6 aromatic carbocycles. The second-order valence-corrected chi connectivity index (χ2v) is 14.9. The average Bonchev–Trinajstić information content (AvgIpc) is 3.48. The van der Waals surface area contributed by atoms with Gasteiger partial charge in [0.05, 0.1) is 48.1 Å². The molecule has 1 heterocycles. The first-order valence-electron chi connectivity index (χ1n) is 16.4. The second kappa shape index (κ2) is 22.7. The van der Waals surface area contributed by atoms with Crippen LogP contribution in [0.5, 0.6) is 23.1 Å². The monoisotopic (exact) mass is 973 g/mol. The molecule has 1 aromatic heterocycles. The van der Waals surface area contributed by atoms with Crippen LogP contribution >= 0.6 is 0 Å². The van der Waals surface area contributed by atoms with Crippen LogP contribution in [0.3, 0.4) is 0 Å². The number of hydrogen-bond acceptors (Lipinski definition) is 19. The molecule has 0 aliphatic carbocycles. The number of benzene rings is 6. The van der Waals surface area contributed by atoms with Gasteiger partial charge in [0.25, 0.3) is 11.4 Å². The zero-order chi connectivity index (χ0) is 43.7. The van der Waals surface area contributed by atoms with Crippen LogP contribution in [-0.4, -0.2) is 45.6 Å². The third kappa shape index (κ3) is 12.5. The van der Waals surface area contributed by atoms with E-state index in [-0.39, 0.29) is 157 Å². The number of rotatable bonds is 9. The number of aromatic nitrogens is 2. The first kappa shape index (κ1) is 55.7. The Balaban J connectivity index is 0.000000415. The van der Waals surface area contributed by atoms with Gasteiger partial charge in [0.1, 0.15) is 25.9 Å². The Bertz CT molecular complexity index is 3200. The fraction of sp³-hybridized carbons (Fsp3) is 0.0278. The van der Waals surface area contributed by atoms with E-state index in [1.807, 2.05) is 0 Å². The molecule has 1 radical (unpaired) electrons. The van der Waals surface area contributed by atoms with Crippen LogP contribution in [0.25, 0.3) is 27.2 Å². The molecule has 0 saturated carbocycles. The van der Waals surface area contributed by atoms with E-state index in [9.17, 15) is 66.6 Å². The van der Waals surface area contributed by atoms with Crippen molar-refractivity contribution in [1.82, 2.24) is 9.78 Å². The molecule has 0 saturated heterocycles. The topological polar surface area (TPSA) is 360 Å². The molecule has 28 heteroatoms. The Labute approximate surface area is 438 Å². The second-order valence-electron chi connectivity index (χ2n) is 12.2. The van der Waals surface area contributed by atoms with Gasteiger partial charge in [-0.2, -0.15) is 20.4 Å². The van der Waals surface area contributed by atoms with E-state index < -0.39 is 68.7 Å². The summed E-state index contributed by atoms with van der Waals surface area (Å²) in [6, 6.07) is 20.8. The fourth-order valence-electron chi connectivity index (χ4n) is 5.55. The van der Waals surface area contributed by atoms with E-state index in [4.69, 9.17) is 0 Å². The standard InChI is InChI=1S/C20H13N3O7S.C16H13N5O7S.Cr.3Na/c24-16-8-5-11-3-1-2-4-13(11)19(16)21-22-20-14-7-6-12(23(26)27)9-15(14)18(10-17(20)25)31(28,29)30;1-9-15(18-17-13-8-11(21(24)25)4-7-14(13)22)16(23)20(19-9)10-2-5-12(6-3-10)29(26,27)28;;;;/h1-10,24-25H,(H,28,29,30);2-8,22-23H,1H3,(H,26,27,28);;;;/q;;+3;3*+1/p-6. The Morgan fingerprint density at radius 1 is 0.578 bits per heavy atom. The van der Waals surface area contributed by atoms with Crippen LogP contribution in [0.4, 0.5) is 34.1 Å². The SMILES string of the molecule is Cc1nn(-c2ccc(S(=O)(=O)[O-])cc2)c([O-])c1N=Nc1cc([N+](=O)[O-])ccc1[O-].O=[N+]([O-])c1ccc2c(N=Nc3c([O-])ccc4ccccc34)c([O-])cc(S(=O)(=O)[O-])c2c1.[Cr+3].[Na+].[Na+].[Na+]. The van der Waals surface area contributed by atoms with Crippen molar-refractivity contribution in [2.24, 2.45) is 20.5 Å². The number of fused-ring (bicyclic) bond motifs is 2. The van der Waals surface area contributed by atoms with Gasteiger partial charge in [0.15, 0.2) is 0 Å². The molecule has 7 aromatic rings. The molecule has 0 fully saturated rings. The summed E-state index contributed by atoms with van der Waals surface area (Å²) in [5.74, 6) is -2.73. The van der Waals surface area contributed by atoms with Crippen molar-refractivity contribution in [1.29, 1.82) is 0 Å². The van der Waals surface area contributed by atoms with Gasteiger partial charge in [0.2, 0.25) is 0 Å². The number of non-ortho nitro benzene ring substituents is 2. The van der Waals surface area contributed by atoms with Crippen LogP contribution in [0.2, 0.25) is 0 Å². The number of nitrogens with zero attached hydrogens (tertiary/aromatic N) is 8. The number of azo groups is 2. The quantitative estimate of drug-likeness (QED) is 0.0437. The predicted molar refractivity (Wildman–Crippen MR) is 198 cm³/mol. The molecular formula is C36H20CrN8Na3O14S2.